The molecule has 2 aliphatic rings. The number of amides is 2. The van der Waals surface area contributed by atoms with Gasteiger partial charge in [0.1, 0.15) is 12.1 Å². The lowest BCUT2D eigenvalue weighted by molar-refractivity contribution is -0.149. The molecule has 0 radical (unpaired) electrons. The fourth-order valence-corrected chi connectivity index (χ4v) is 6.76. The van der Waals surface area contributed by atoms with Crippen molar-refractivity contribution in [2.45, 2.75) is 55.5 Å². The number of nitriles is 1. The van der Waals surface area contributed by atoms with Crippen LogP contribution in [-0.2, 0) is 26.0 Å². The Kier molecular flexibility index (Phi) is 7.96. The first-order valence-corrected chi connectivity index (χ1v) is 14.9. The fourth-order valence-electron chi connectivity index (χ4n) is 5.50. The molecular weight excluding hydrogens is 512 g/mol. The van der Waals surface area contributed by atoms with E-state index in [1.165, 1.54) is 0 Å². The monoisotopic (exact) mass is 544 g/mol. The lowest BCUT2D eigenvalue weighted by atomic mass is 9.97. The number of nitrogens with one attached hydrogen (secondary N) is 1. The molecule has 2 atom stereocenters. The van der Waals surface area contributed by atoms with E-state index >= 15 is 0 Å². The van der Waals surface area contributed by atoms with Crippen molar-refractivity contribution in [3.05, 3.63) is 77.9 Å². The van der Waals surface area contributed by atoms with Crippen LogP contribution in [-0.4, -0.2) is 61.7 Å². The molecule has 1 N–H and O–H groups in total. The molecule has 2 unspecified atom stereocenters. The SMILES string of the molecule is N#Cc1ccc(CC(C(=O)N2CCCCC2)N2CCCC(NS(=O)(=O)c3ccc4ccccc4c3)C2=O)cc1. The van der Waals surface area contributed by atoms with Gasteiger partial charge in [0.2, 0.25) is 21.8 Å². The van der Waals surface area contributed by atoms with Crippen molar-refractivity contribution < 1.29 is 18.0 Å². The lowest BCUT2D eigenvalue weighted by Crippen LogP contribution is -2.60. The second-order valence-electron chi connectivity index (χ2n) is 10.3. The van der Waals surface area contributed by atoms with Gasteiger partial charge >= 0.3 is 0 Å². The van der Waals surface area contributed by atoms with Crippen LogP contribution in [0.3, 0.4) is 0 Å². The Balaban J connectivity index is 1.39. The predicted octanol–water partition coefficient (Wildman–Crippen LogP) is 3.60. The molecule has 39 heavy (non-hydrogen) atoms. The summed E-state index contributed by atoms with van der Waals surface area (Å²) in [6, 6.07) is 19.8. The average molecular weight is 545 g/mol. The van der Waals surface area contributed by atoms with E-state index in [-0.39, 0.29) is 16.7 Å². The zero-order chi connectivity index (χ0) is 27.4. The van der Waals surface area contributed by atoms with Gasteiger partial charge in [-0.15, -0.1) is 0 Å². The number of fused-ring (bicyclic) bond motifs is 1. The number of nitrogens with zero attached hydrogens (tertiary/aromatic N) is 3. The highest BCUT2D eigenvalue weighted by Gasteiger charge is 2.40. The quantitative estimate of drug-likeness (QED) is 0.489. The molecule has 3 aromatic rings. The van der Waals surface area contributed by atoms with Gasteiger partial charge in [-0.2, -0.15) is 9.98 Å². The van der Waals surface area contributed by atoms with Gasteiger partial charge in [0.05, 0.1) is 16.5 Å². The Bertz CT molecular complexity index is 1510. The summed E-state index contributed by atoms with van der Waals surface area (Å²) < 4.78 is 29.3. The summed E-state index contributed by atoms with van der Waals surface area (Å²) in [6.07, 6.45) is 4.18. The molecule has 3 aromatic carbocycles. The fraction of sp³-hybridized carbons (Fsp3) is 0.367. The van der Waals surface area contributed by atoms with Gasteiger partial charge in [-0.1, -0.05) is 42.5 Å². The Morgan fingerprint density at radius 2 is 1.67 bits per heavy atom. The van der Waals surface area contributed by atoms with Gasteiger partial charge < -0.3 is 9.80 Å². The van der Waals surface area contributed by atoms with Crippen LogP contribution in [0.1, 0.15) is 43.2 Å². The van der Waals surface area contributed by atoms with Crippen LogP contribution in [0, 0.1) is 11.3 Å². The molecule has 2 aliphatic heterocycles. The van der Waals surface area contributed by atoms with Gasteiger partial charge in [-0.25, -0.2) is 8.42 Å². The Hall–Kier alpha value is -3.74. The van der Waals surface area contributed by atoms with Crippen LogP contribution in [0.15, 0.2) is 71.6 Å². The molecule has 2 amide bonds. The van der Waals surface area contributed by atoms with Crippen molar-refractivity contribution in [3.8, 4) is 6.07 Å². The minimum atomic E-state index is -3.96. The Morgan fingerprint density at radius 1 is 0.949 bits per heavy atom. The molecule has 8 nitrogen and oxygen atoms in total. The van der Waals surface area contributed by atoms with Gasteiger partial charge in [0, 0.05) is 26.1 Å². The molecule has 2 fully saturated rings. The van der Waals surface area contributed by atoms with Crippen LogP contribution in [0.25, 0.3) is 10.8 Å². The van der Waals surface area contributed by atoms with E-state index in [1.807, 2.05) is 41.3 Å². The smallest absolute Gasteiger partial charge is 0.245 e. The van der Waals surface area contributed by atoms with Crippen molar-refractivity contribution in [3.63, 3.8) is 0 Å². The van der Waals surface area contributed by atoms with Crippen LogP contribution >= 0.6 is 0 Å². The lowest BCUT2D eigenvalue weighted by Gasteiger charge is -2.40. The van der Waals surface area contributed by atoms with Gasteiger partial charge in [-0.05, 0) is 72.7 Å². The van der Waals surface area contributed by atoms with E-state index in [2.05, 4.69) is 10.8 Å². The van der Waals surface area contributed by atoms with E-state index in [4.69, 9.17) is 5.26 Å². The number of benzene rings is 3. The maximum Gasteiger partial charge on any atom is 0.245 e. The molecule has 0 aliphatic carbocycles. The third-order valence-corrected chi connectivity index (χ3v) is 9.11. The maximum absolute atomic E-state index is 13.8. The summed E-state index contributed by atoms with van der Waals surface area (Å²) in [7, 11) is -3.96. The van der Waals surface area contributed by atoms with Crippen LogP contribution in [0.4, 0.5) is 0 Å². The highest BCUT2D eigenvalue weighted by atomic mass is 32.2. The van der Waals surface area contributed by atoms with Crippen LogP contribution in [0.5, 0.6) is 0 Å². The number of piperidine rings is 2. The summed E-state index contributed by atoms with van der Waals surface area (Å²) >= 11 is 0. The summed E-state index contributed by atoms with van der Waals surface area (Å²) in [6.45, 7) is 1.69. The first kappa shape index (κ1) is 26.9. The molecule has 2 heterocycles. The minimum absolute atomic E-state index is 0.102. The third-order valence-electron chi connectivity index (χ3n) is 7.64. The highest BCUT2D eigenvalue weighted by Crippen LogP contribution is 2.24. The molecule has 0 bridgehead atoms. The maximum atomic E-state index is 13.8. The molecule has 0 spiro atoms. The highest BCUT2D eigenvalue weighted by molar-refractivity contribution is 7.89. The summed E-state index contributed by atoms with van der Waals surface area (Å²) in [5.74, 6) is -0.486. The molecule has 5 rings (SSSR count). The number of hydrogen-bond acceptors (Lipinski definition) is 5. The van der Waals surface area contributed by atoms with Gasteiger partial charge in [-0.3, -0.25) is 9.59 Å². The second kappa shape index (κ2) is 11.6. The zero-order valence-electron chi connectivity index (χ0n) is 21.8. The second-order valence-corrected chi connectivity index (χ2v) is 12.0. The number of carbonyl (C=O) groups excluding carboxylic acids is 2. The number of sulfonamides is 1. The molecule has 0 saturated carbocycles. The molecule has 202 valence electrons. The van der Waals surface area contributed by atoms with E-state index in [0.29, 0.717) is 44.5 Å². The summed E-state index contributed by atoms with van der Waals surface area (Å²) in [4.78, 5) is 31.0. The van der Waals surface area contributed by atoms with Crippen molar-refractivity contribution in [1.82, 2.24) is 14.5 Å². The predicted molar refractivity (Wildman–Crippen MR) is 148 cm³/mol. The average Bonchev–Trinajstić information content (AvgIpc) is 2.97. The molecular formula is C30H32N4O4S. The van der Waals surface area contributed by atoms with Crippen molar-refractivity contribution in [2.75, 3.05) is 19.6 Å². The van der Waals surface area contributed by atoms with E-state index in [0.717, 1.165) is 35.6 Å². The number of likely N-dealkylation sites (tertiary alicyclic amines) is 2. The van der Waals surface area contributed by atoms with E-state index in [1.54, 1.807) is 35.2 Å². The van der Waals surface area contributed by atoms with Crippen LogP contribution in [0.2, 0.25) is 0 Å². The summed E-state index contributed by atoms with van der Waals surface area (Å²) in [5, 5.41) is 10.9. The zero-order valence-corrected chi connectivity index (χ0v) is 22.6. The third kappa shape index (κ3) is 5.97. The van der Waals surface area contributed by atoms with E-state index in [9.17, 15) is 18.0 Å². The van der Waals surface area contributed by atoms with Crippen molar-refractivity contribution >= 4 is 32.6 Å². The molecule has 0 aromatic heterocycles. The topological polar surface area (TPSA) is 111 Å². The Labute approximate surface area is 229 Å². The van der Waals surface area contributed by atoms with Crippen molar-refractivity contribution in [1.29, 1.82) is 5.26 Å². The minimum Gasteiger partial charge on any atom is -0.341 e. The molecule has 2 saturated heterocycles. The summed E-state index contributed by atoms with van der Waals surface area (Å²) in [5.41, 5.74) is 1.37. The Morgan fingerprint density at radius 3 is 2.38 bits per heavy atom. The number of hydrogen-bond donors (Lipinski definition) is 1. The van der Waals surface area contributed by atoms with Crippen molar-refractivity contribution in [2.24, 2.45) is 0 Å². The molecule has 9 heteroatoms. The largest absolute Gasteiger partial charge is 0.341 e. The van der Waals surface area contributed by atoms with E-state index < -0.39 is 22.1 Å². The number of rotatable bonds is 7. The first-order chi connectivity index (χ1) is 18.9. The first-order valence-electron chi connectivity index (χ1n) is 13.5. The van der Waals surface area contributed by atoms with Crippen LogP contribution < -0.4 is 4.72 Å². The normalized spacial score (nSPS) is 19.1. The van der Waals surface area contributed by atoms with Gasteiger partial charge in [0.25, 0.3) is 0 Å². The van der Waals surface area contributed by atoms with Gasteiger partial charge in [0.15, 0.2) is 0 Å². The standard InChI is InChI=1S/C30H32N4O4S/c31-21-23-12-10-22(11-13-23)19-28(30(36)33-16-4-1-5-17-33)34-18-6-9-27(29(34)35)32-39(37,38)26-15-14-24-7-2-3-8-25(24)20-26/h2-3,7-8,10-15,20,27-28,32H,1,4-6,9,16-19H2. The number of carbonyl (C=O) groups is 2.